The number of likely N-dealkylation sites (N-methyl/N-ethyl adjacent to an activating group) is 1. The quantitative estimate of drug-likeness (QED) is 0.761. The number of piperidine rings is 1. The molecule has 1 amide bonds. The van der Waals surface area contributed by atoms with Crippen molar-refractivity contribution in [1.29, 1.82) is 0 Å². The molecule has 7 nitrogen and oxygen atoms in total. The van der Waals surface area contributed by atoms with Crippen molar-refractivity contribution in [3.63, 3.8) is 0 Å². The van der Waals surface area contributed by atoms with Gasteiger partial charge in [0.1, 0.15) is 0 Å². The first kappa shape index (κ1) is 22.2. The molecular weight excluding hydrogens is 388 g/mol. The van der Waals surface area contributed by atoms with Crippen molar-refractivity contribution in [2.24, 2.45) is 0 Å². The number of benzene rings is 1. The molecule has 0 spiro atoms. The van der Waals surface area contributed by atoms with Crippen molar-refractivity contribution >= 4 is 21.6 Å². The van der Waals surface area contributed by atoms with E-state index in [0.717, 1.165) is 52.0 Å². The SMILES string of the molecule is CCN1CCN(CC(=O)Nc2ccc(S(=O)(=O)N3[C@@H](C)CCC[C@@H]3C)cc2)CC1. The molecule has 0 aliphatic carbocycles. The summed E-state index contributed by atoms with van der Waals surface area (Å²) in [6, 6.07) is 6.57. The second kappa shape index (κ2) is 9.55. The maximum absolute atomic E-state index is 13.1. The first-order chi connectivity index (χ1) is 13.8. The van der Waals surface area contributed by atoms with Gasteiger partial charge in [-0.05, 0) is 57.5 Å². The van der Waals surface area contributed by atoms with Crippen LogP contribution in [0.1, 0.15) is 40.0 Å². The van der Waals surface area contributed by atoms with Crippen LogP contribution < -0.4 is 5.32 Å². The number of piperazine rings is 1. The number of hydrogen-bond donors (Lipinski definition) is 1. The van der Waals surface area contributed by atoms with E-state index < -0.39 is 10.0 Å². The Labute approximate surface area is 175 Å². The molecule has 2 aliphatic rings. The highest BCUT2D eigenvalue weighted by atomic mass is 32.2. The number of rotatable bonds is 6. The number of carbonyl (C=O) groups is 1. The van der Waals surface area contributed by atoms with Crippen LogP contribution in [0.15, 0.2) is 29.2 Å². The van der Waals surface area contributed by atoms with Crippen LogP contribution in [0.3, 0.4) is 0 Å². The molecule has 0 aromatic heterocycles. The van der Waals surface area contributed by atoms with Gasteiger partial charge in [-0.1, -0.05) is 13.3 Å². The lowest BCUT2D eigenvalue weighted by atomic mass is 10.0. The Morgan fingerprint density at radius 3 is 2.10 bits per heavy atom. The molecule has 0 unspecified atom stereocenters. The monoisotopic (exact) mass is 422 g/mol. The number of hydrogen-bond acceptors (Lipinski definition) is 5. The van der Waals surface area contributed by atoms with Gasteiger partial charge in [0.25, 0.3) is 0 Å². The Morgan fingerprint density at radius 1 is 1.00 bits per heavy atom. The third-order valence-electron chi connectivity index (χ3n) is 6.11. The summed E-state index contributed by atoms with van der Waals surface area (Å²) in [4.78, 5) is 17.2. The van der Waals surface area contributed by atoms with Crippen LogP contribution in [0.2, 0.25) is 0 Å². The van der Waals surface area contributed by atoms with Gasteiger partial charge in [-0.25, -0.2) is 8.42 Å². The van der Waals surface area contributed by atoms with E-state index in [0.29, 0.717) is 12.2 Å². The Kier molecular flexibility index (Phi) is 7.32. The molecule has 2 aliphatic heterocycles. The number of amides is 1. The molecule has 29 heavy (non-hydrogen) atoms. The van der Waals surface area contributed by atoms with Crippen molar-refractivity contribution < 1.29 is 13.2 Å². The van der Waals surface area contributed by atoms with Crippen molar-refractivity contribution in [3.05, 3.63) is 24.3 Å². The Morgan fingerprint density at radius 2 is 1.55 bits per heavy atom. The molecule has 1 N–H and O–H groups in total. The minimum atomic E-state index is -3.53. The zero-order valence-electron chi connectivity index (χ0n) is 17.8. The molecule has 0 radical (unpaired) electrons. The highest BCUT2D eigenvalue weighted by Crippen LogP contribution is 2.29. The van der Waals surface area contributed by atoms with Crippen LogP contribution in [0.5, 0.6) is 0 Å². The normalized spacial score (nSPS) is 25.1. The number of nitrogens with zero attached hydrogens (tertiary/aromatic N) is 3. The van der Waals surface area contributed by atoms with Crippen molar-refractivity contribution in [2.75, 3.05) is 44.6 Å². The molecule has 0 bridgehead atoms. The third kappa shape index (κ3) is 5.36. The largest absolute Gasteiger partial charge is 0.325 e. The average molecular weight is 423 g/mol. The lowest BCUT2D eigenvalue weighted by Crippen LogP contribution is -2.48. The summed E-state index contributed by atoms with van der Waals surface area (Å²) in [5, 5.41) is 2.89. The summed E-state index contributed by atoms with van der Waals surface area (Å²) in [5.74, 6) is -0.0659. The van der Waals surface area contributed by atoms with Gasteiger partial charge >= 0.3 is 0 Å². The summed E-state index contributed by atoms with van der Waals surface area (Å²) in [7, 11) is -3.53. The van der Waals surface area contributed by atoms with Gasteiger partial charge in [-0.3, -0.25) is 9.69 Å². The molecule has 1 aromatic carbocycles. The van der Waals surface area contributed by atoms with Gasteiger partial charge in [0, 0.05) is 44.0 Å². The molecule has 8 heteroatoms. The molecular formula is C21H34N4O3S. The summed E-state index contributed by atoms with van der Waals surface area (Å²) in [6.07, 6.45) is 2.85. The molecule has 2 heterocycles. The van der Waals surface area contributed by atoms with Gasteiger partial charge in [0.15, 0.2) is 0 Å². The van der Waals surface area contributed by atoms with Crippen LogP contribution in [0, 0.1) is 0 Å². The number of carbonyl (C=O) groups excluding carboxylic acids is 1. The minimum Gasteiger partial charge on any atom is -0.325 e. The van der Waals surface area contributed by atoms with E-state index in [1.54, 1.807) is 28.6 Å². The fourth-order valence-corrected chi connectivity index (χ4v) is 6.25. The van der Waals surface area contributed by atoms with E-state index in [1.807, 2.05) is 13.8 Å². The van der Waals surface area contributed by atoms with Gasteiger partial charge in [-0.15, -0.1) is 0 Å². The highest BCUT2D eigenvalue weighted by molar-refractivity contribution is 7.89. The fourth-order valence-electron chi connectivity index (χ4n) is 4.37. The van der Waals surface area contributed by atoms with E-state index >= 15 is 0 Å². The Balaban J connectivity index is 1.59. The maximum Gasteiger partial charge on any atom is 0.243 e. The predicted molar refractivity (Wildman–Crippen MR) is 115 cm³/mol. The second-order valence-corrected chi connectivity index (χ2v) is 10.1. The Hall–Kier alpha value is -1.48. The summed E-state index contributed by atoms with van der Waals surface area (Å²) in [6.45, 7) is 11.3. The molecule has 2 fully saturated rings. The van der Waals surface area contributed by atoms with Crippen LogP contribution >= 0.6 is 0 Å². The molecule has 2 atom stereocenters. The lowest BCUT2D eigenvalue weighted by Gasteiger charge is -2.37. The summed E-state index contributed by atoms with van der Waals surface area (Å²) in [5.41, 5.74) is 0.626. The smallest absolute Gasteiger partial charge is 0.243 e. The standard InChI is InChI=1S/C21H34N4O3S/c1-4-23-12-14-24(15-13-23)16-21(26)22-19-8-10-20(11-9-19)29(27,28)25-17(2)6-5-7-18(25)3/h8-11,17-18H,4-7,12-16H2,1-3H3,(H,22,26)/t17-,18-/m0/s1. The van der Waals surface area contributed by atoms with Gasteiger partial charge in [0.05, 0.1) is 11.4 Å². The van der Waals surface area contributed by atoms with Crippen molar-refractivity contribution in [2.45, 2.75) is 57.0 Å². The predicted octanol–water partition coefficient (Wildman–Crippen LogP) is 2.21. The van der Waals surface area contributed by atoms with Crippen LogP contribution in [0.4, 0.5) is 5.69 Å². The summed E-state index contributed by atoms with van der Waals surface area (Å²) >= 11 is 0. The molecule has 162 valence electrons. The maximum atomic E-state index is 13.1. The zero-order valence-corrected chi connectivity index (χ0v) is 18.6. The van der Waals surface area contributed by atoms with E-state index in [9.17, 15) is 13.2 Å². The average Bonchev–Trinajstić information content (AvgIpc) is 2.68. The van der Waals surface area contributed by atoms with Crippen LogP contribution in [0.25, 0.3) is 0 Å². The van der Waals surface area contributed by atoms with Gasteiger partial charge in [0.2, 0.25) is 15.9 Å². The number of anilines is 1. The second-order valence-electron chi connectivity index (χ2n) is 8.25. The lowest BCUT2D eigenvalue weighted by molar-refractivity contribution is -0.117. The van der Waals surface area contributed by atoms with E-state index in [4.69, 9.17) is 0 Å². The molecule has 0 saturated carbocycles. The van der Waals surface area contributed by atoms with Crippen molar-refractivity contribution in [1.82, 2.24) is 14.1 Å². The fraction of sp³-hybridized carbons (Fsp3) is 0.667. The number of nitrogens with one attached hydrogen (secondary N) is 1. The topological polar surface area (TPSA) is 73.0 Å². The first-order valence-corrected chi connectivity index (χ1v) is 12.1. The Bertz CT molecular complexity index is 779. The van der Waals surface area contributed by atoms with Crippen LogP contribution in [-0.2, 0) is 14.8 Å². The van der Waals surface area contributed by atoms with Gasteiger partial charge in [-0.2, -0.15) is 4.31 Å². The van der Waals surface area contributed by atoms with E-state index in [-0.39, 0.29) is 22.9 Å². The summed E-state index contributed by atoms with van der Waals surface area (Å²) < 4.78 is 27.8. The zero-order chi connectivity index (χ0) is 21.0. The van der Waals surface area contributed by atoms with E-state index in [2.05, 4.69) is 22.0 Å². The molecule has 1 aromatic rings. The number of sulfonamides is 1. The first-order valence-electron chi connectivity index (χ1n) is 10.7. The van der Waals surface area contributed by atoms with Crippen molar-refractivity contribution in [3.8, 4) is 0 Å². The third-order valence-corrected chi connectivity index (χ3v) is 8.25. The molecule has 2 saturated heterocycles. The van der Waals surface area contributed by atoms with Crippen LogP contribution in [-0.4, -0.2) is 79.8 Å². The highest BCUT2D eigenvalue weighted by Gasteiger charge is 2.35. The van der Waals surface area contributed by atoms with Gasteiger partial charge < -0.3 is 10.2 Å². The van der Waals surface area contributed by atoms with E-state index in [1.165, 1.54) is 0 Å². The minimum absolute atomic E-state index is 0.0105. The molecule has 3 rings (SSSR count).